The Kier molecular flexibility index (Phi) is 1.93. The molecular weight excluding hydrogens is 164 g/mol. The van der Waals surface area contributed by atoms with Crippen LogP contribution < -0.4 is 4.74 Å². The van der Waals surface area contributed by atoms with Gasteiger partial charge in [-0.2, -0.15) is 5.10 Å². The van der Waals surface area contributed by atoms with Crippen LogP contribution in [0.25, 0.3) is 10.9 Å². The molecule has 1 aromatic heterocycles. The van der Waals surface area contributed by atoms with Gasteiger partial charge in [0.2, 0.25) is 0 Å². The molecule has 0 spiro atoms. The second kappa shape index (κ2) is 3.09. The predicted octanol–water partition coefficient (Wildman–Crippen LogP) is 1.86. The summed E-state index contributed by atoms with van der Waals surface area (Å²) in [6.07, 6.45) is 1.99. The fraction of sp³-hybridized carbons (Fsp3) is 0.300. The molecule has 0 saturated carbocycles. The van der Waals surface area contributed by atoms with E-state index >= 15 is 0 Å². The van der Waals surface area contributed by atoms with Gasteiger partial charge in [-0.25, -0.2) is 0 Å². The van der Waals surface area contributed by atoms with Gasteiger partial charge in [0.25, 0.3) is 0 Å². The van der Waals surface area contributed by atoms with E-state index in [2.05, 4.69) is 18.1 Å². The van der Waals surface area contributed by atoms with E-state index in [0.717, 1.165) is 23.2 Å². The van der Waals surface area contributed by atoms with E-state index in [4.69, 9.17) is 4.74 Å². The van der Waals surface area contributed by atoms with Crippen LogP contribution >= 0.6 is 0 Å². The highest BCUT2D eigenvalue weighted by Gasteiger charge is 2.04. The molecule has 0 unspecified atom stereocenters. The summed E-state index contributed by atoms with van der Waals surface area (Å²) >= 11 is 0. The van der Waals surface area contributed by atoms with Crippen LogP contribution in [0.2, 0.25) is 0 Å². The zero-order valence-electron chi connectivity index (χ0n) is 7.74. The Morgan fingerprint density at radius 1 is 1.54 bits per heavy atom. The number of hydrogen-bond acceptors (Lipinski definition) is 2. The topological polar surface area (TPSA) is 27.1 Å². The van der Waals surface area contributed by atoms with Gasteiger partial charge in [-0.05, 0) is 25.1 Å². The molecule has 1 heterocycles. The molecule has 13 heavy (non-hydrogen) atoms. The SMILES string of the molecule is CCn1cc2c(OC)c[c]cc2n1. The number of ether oxygens (including phenoxy) is 1. The molecule has 1 aromatic carbocycles. The van der Waals surface area contributed by atoms with Crippen LogP contribution in [-0.4, -0.2) is 16.9 Å². The number of benzene rings is 1. The van der Waals surface area contributed by atoms with Crippen molar-refractivity contribution in [2.75, 3.05) is 7.11 Å². The minimum Gasteiger partial charge on any atom is -0.496 e. The summed E-state index contributed by atoms with van der Waals surface area (Å²) in [7, 11) is 1.66. The van der Waals surface area contributed by atoms with Gasteiger partial charge in [-0.3, -0.25) is 4.68 Å². The summed E-state index contributed by atoms with van der Waals surface area (Å²) in [5, 5.41) is 5.39. The Hall–Kier alpha value is -1.51. The van der Waals surface area contributed by atoms with E-state index in [-0.39, 0.29) is 0 Å². The van der Waals surface area contributed by atoms with Gasteiger partial charge in [-0.15, -0.1) is 0 Å². The molecule has 0 amide bonds. The van der Waals surface area contributed by atoms with Crippen molar-refractivity contribution in [3.05, 3.63) is 24.4 Å². The summed E-state index contributed by atoms with van der Waals surface area (Å²) in [6, 6.07) is 6.68. The van der Waals surface area contributed by atoms with Crippen LogP contribution in [0.4, 0.5) is 0 Å². The van der Waals surface area contributed by atoms with Crippen molar-refractivity contribution in [3.8, 4) is 5.75 Å². The quantitative estimate of drug-likeness (QED) is 0.696. The number of hydrogen-bond donors (Lipinski definition) is 0. The number of rotatable bonds is 2. The first-order valence-corrected chi connectivity index (χ1v) is 4.26. The first-order chi connectivity index (χ1) is 6.35. The Bertz CT molecular complexity index is 420. The van der Waals surface area contributed by atoms with Crippen LogP contribution in [0.15, 0.2) is 18.3 Å². The van der Waals surface area contributed by atoms with Gasteiger partial charge in [0, 0.05) is 12.7 Å². The van der Waals surface area contributed by atoms with Gasteiger partial charge in [0.05, 0.1) is 18.0 Å². The highest BCUT2D eigenvalue weighted by Crippen LogP contribution is 2.23. The maximum absolute atomic E-state index is 5.20. The molecule has 0 aliphatic carbocycles. The molecule has 0 fully saturated rings. The second-order valence-corrected chi connectivity index (χ2v) is 2.81. The van der Waals surface area contributed by atoms with E-state index in [1.54, 1.807) is 7.11 Å². The summed E-state index contributed by atoms with van der Waals surface area (Å²) in [6.45, 7) is 2.93. The first-order valence-electron chi connectivity index (χ1n) is 4.26. The molecule has 0 aliphatic heterocycles. The third-order valence-corrected chi connectivity index (χ3v) is 2.03. The normalized spacial score (nSPS) is 10.6. The smallest absolute Gasteiger partial charge is 0.130 e. The Labute approximate surface area is 76.9 Å². The van der Waals surface area contributed by atoms with Crippen LogP contribution in [-0.2, 0) is 6.54 Å². The molecular formula is C10H11N2O. The van der Waals surface area contributed by atoms with E-state index in [1.807, 2.05) is 23.0 Å². The monoisotopic (exact) mass is 175 g/mol. The van der Waals surface area contributed by atoms with Gasteiger partial charge in [0.15, 0.2) is 0 Å². The number of aromatic nitrogens is 2. The minimum atomic E-state index is 0.831. The average Bonchev–Trinajstić information content (AvgIpc) is 2.59. The van der Waals surface area contributed by atoms with Crippen LogP contribution in [0.1, 0.15) is 6.92 Å². The van der Waals surface area contributed by atoms with Crippen molar-refractivity contribution in [1.29, 1.82) is 0 Å². The number of aryl methyl sites for hydroxylation is 1. The number of fused-ring (bicyclic) bond motifs is 1. The number of nitrogens with zero attached hydrogens (tertiary/aromatic N) is 2. The Morgan fingerprint density at radius 2 is 2.38 bits per heavy atom. The van der Waals surface area contributed by atoms with Gasteiger partial charge in [0.1, 0.15) is 5.75 Å². The molecule has 3 nitrogen and oxygen atoms in total. The fourth-order valence-electron chi connectivity index (χ4n) is 1.34. The molecule has 67 valence electrons. The van der Waals surface area contributed by atoms with Crippen LogP contribution in [0.3, 0.4) is 0 Å². The van der Waals surface area contributed by atoms with Crippen LogP contribution in [0, 0.1) is 6.07 Å². The largest absolute Gasteiger partial charge is 0.496 e. The highest BCUT2D eigenvalue weighted by atomic mass is 16.5. The summed E-state index contributed by atoms with van der Waals surface area (Å²) in [4.78, 5) is 0. The fourth-order valence-corrected chi connectivity index (χ4v) is 1.34. The van der Waals surface area contributed by atoms with Crippen molar-refractivity contribution in [2.45, 2.75) is 13.5 Å². The zero-order chi connectivity index (χ0) is 9.26. The summed E-state index contributed by atoms with van der Waals surface area (Å²) in [5.74, 6) is 0.831. The Morgan fingerprint density at radius 3 is 3.08 bits per heavy atom. The van der Waals surface area contributed by atoms with Gasteiger partial charge in [-0.1, -0.05) is 0 Å². The van der Waals surface area contributed by atoms with Crippen molar-refractivity contribution in [3.63, 3.8) is 0 Å². The predicted molar refractivity (Wildman–Crippen MR) is 50.8 cm³/mol. The Balaban J connectivity index is 2.67. The van der Waals surface area contributed by atoms with Crippen LogP contribution in [0.5, 0.6) is 5.75 Å². The molecule has 0 bridgehead atoms. The first kappa shape index (κ1) is 8.10. The lowest BCUT2D eigenvalue weighted by molar-refractivity contribution is 0.419. The standard InChI is InChI=1S/C10H11N2O/c1-3-12-7-8-9(11-12)5-4-6-10(8)13-2/h5-7H,3H2,1-2H3. The highest BCUT2D eigenvalue weighted by molar-refractivity contribution is 5.84. The molecule has 2 rings (SSSR count). The lowest BCUT2D eigenvalue weighted by atomic mass is 10.2. The zero-order valence-corrected chi connectivity index (χ0v) is 7.74. The molecule has 1 radical (unpaired) electrons. The molecule has 2 aromatic rings. The maximum atomic E-state index is 5.20. The molecule has 3 heteroatoms. The molecule has 0 atom stereocenters. The molecule has 0 aliphatic rings. The maximum Gasteiger partial charge on any atom is 0.130 e. The van der Waals surface area contributed by atoms with E-state index < -0.39 is 0 Å². The van der Waals surface area contributed by atoms with E-state index in [1.165, 1.54) is 0 Å². The van der Waals surface area contributed by atoms with E-state index in [0.29, 0.717) is 0 Å². The van der Waals surface area contributed by atoms with Gasteiger partial charge >= 0.3 is 0 Å². The molecule has 0 saturated heterocycles. The number of methoxy groups -OCH3 is 1. The average molecular weight is 175 g/mol. The van der Waals surface area contributed by atoms with Crippen molar-refractivity contribution >= 4 is 10.9 Å². The second-order valence-electron chi connectivity index (χ2n) is 2.81. The third kappa shape index (κ3) is 1.26. The summed E-state index contributed by atoms with van der Waals surface area (Å²) in [5.41, 5.74) is 0.932. The van der Waals surface area contributed by atoms with Gasteiger partial charge < -0.3 is 4.74 Å². The minimum absolute atomic E-state index is 0.831. The third-order valence-electron chi connectivity index (χ3n) is 2.03. The summed E-state index contributed by atoms with van der Waals surface area (Å²) < 4.78 is 7.09. The van der Waals surface area contributed by atoms with Crippen molar-refractivity contribution < 1.29 is 4.74 Å². The lowest BCUT2D eigenvalue weighted by Crippen LogP contribution is -1.92. The lowest BCUT2D eigenvalue weighted by Gasteiger charge is -1.97. The molecule has 0 N–H and O–H groups in total. The van der Waals surface area contributed by atoms with E-state index in [9.17, 15) is 0 Å². The van der Waals surface area contributed by atoms with Crippen molar-refractivity contribution in [1.82, 2.24) is 9.78 Å². The van der Waals surface area contributed by atoms with Crippen molar-refractivity contribution in [2.24, 2.45) is 0 Å².